The van der Waals surface area contributed by atoms with Crippen LogP contribution < -0.4 is 0 Å². The van der Waals surface area contributed by atoms with Crippen molar-refractivity contribution in [2.45, 2.75) is 64.8 Å². The second-order valence-corrected chi connectivity index (χ2v) is 9.87. The Morgan fingerprint density at radius 3 is 2.52 bits per heavy atom. The average molecular weight is 471 g/mol. The standard InChI is InChI=1S/C26H35ClN4O2/c1-3-5-6-7-22-17-30(18-25(32)29-14-12-19(4-2)13-15-29)26(33)24-16-23(28-31(22)24)20-8-10-21(27)11-9-20/h8-11,16,19,22H,3-7,12-15,17-18H2,1-2H3. The molecule has 178 valence electrons. The van der Waals surface area contributed by atoms with Gasteiger partial charge in [0.1, 0.15) is 12.2 Å². The number of rotatable bonds is 8. The number of fused-ring (bicyclic) bond motifs is 1. The Hall–Kier alpha value is -2.34. The summed E-state index contributed by atoms with van der Waals surface area (Å²) < 4.78 is 1.90. The molecule has 1 aromatic carbocycles. The molecule has 1 saturated heterocycles. The Kier molecular flexibility index (Phi) is 7.74. The minimum Gasteiger partial charge on any atom is -0.341 e. The van der Waals surface area contributed by atoms with Gasteiger partial charge in [0.05, 0.1) is 11.7 Å². The summed E-state index contributed by atoms with van der Waals surface area (Å²) >= 11 is 6.04. The van der Waals surface area contributed by atoms with Crippen LogP contribution in [0.4, 0.5) is 0 Å². The van der Waals surface area contributed by atoms with E-state index in [9.17, 15) is 9.59 Å². The van der Waals surface area contributed by atoms with Crippen LogP contribution in [0.1, 0.15) is 75.3 Å². The monoisotopic (exact) mass is 470 g/mol. The summed E-state index contributed by atoms with van der Waals surface area (Å²) in [5, 5.41) is 5.48. The Morgan fingerprint density at radius 2 is 1.85 bits per heavy atom. The van der Waals surface area contributed by atoms with Crippen LogP contribution in [0, 0.1) is 5.92 Å². The zero-order valence-corrected chi connectivity index (χ0v) is 20.6. The summed E-state index contributed by atoms with van der Waals surface area (Å²) in [5.41, 5.74) is 2.28. The molecule has 2 amide bonds. The number of benzene rings is 1. The molecule has 1 aromatic heterocycles. The van der Waals surface area contributed by atoms with Crippen molar-refractivity contribution in [2.24, 2.45) is 5.92 Å². The summed E-state index contributed by atoms with van der Waals surface area (Å²) in [4.78, 5) is 30.1. The van der Waals surface area contributed by atoms with Crippen LogP contribution in [0.15, 0.2) is 30.3 Å². The fourth-order valence-electron chi connectivity index (χ4n) is 5.00. The minimum atomic E-state index is -0.105. The van der Waals surface area contributed by atoms with Gasteiger partial charge < -0.3 is 9.80 Å². The zero-order chi connectivity index (χ0) is 23.4. The molecular formula is C26H35ClN4O2. The third kappa shape index (κ3) is 5.43. The van der Waals surface area contributed by atoms with Gasteiger partial charge in [0.15, 0.2) is 0 Å². The van der Waals surface area contributed by atoms with Crippen molar-refractivity contribution in [3.05, 3.63) is 41.0 Å². The Bertz CT molecular complexity index is 963. The quantitative estimate of drug-likeness (QED) is 0.483. The lowest BCUT2D eigenvalue weighted by Crippen LogP contribution is -2.49. The van der Waals surface area contributed by atoms with Crippen LogP contribution in [-0.4, -0.2) is 57.6 Å². The maximum atomic E-state index is 13.4. The first-order valence-electron chi connectivity index (χ1n) is 12.4. The number of hydrogen-bond donors (Lipinski definition) is 0. The molecule has 2 aromatic rings. The van der Waals surface area contributed by atoms with E-state index in [1.54, 1.807) is 4.90 Å². The zero-order valence-electron chi connectivity index (χ0n) is 19.8. The molecule has 0 radical (unpaired) electrons. The van der Waals surface area contributed by atoms with Crippen molar-refractivity contribution in [1.82, 2.24) is 19.6 Å². The first kappa shape index (κ1) is 23.8. The first-order valence-corrected chi connectivity index (χ1v) is 12.8. The van der Waals surface area contributed by atoms with Crippen LogP contribution in [0.25, 0.3) is 11.3 Å². The molecule has 4 rings (SSSR count). The molecule has 0 N–H and O–H groups in total. The van der Waals surface area contributed by atoms with Crippen LogP contribution in [0.2, 0.25) is 5.02 Å². The third-order valence-corrected chi connectivity index (χ3v) is 7.42. The van der Waals surface area contributed by atoms with E-state index in [1.165, 1.54) is 6.42 Å². The van der Waals surface area contributed by atoms with E-state index in [0.717, 1.165) is 62.9 Å². The van der Waals surface area contributed by atoms with E-state index in [-0.39, 0.29) is 24.4 Å². The summed E-state index contributed by atoms with van der Waals surface area (Å²) in [6.45, 7) is 6.70. The highest BCUT2D eigenvalue weighted by Gasteiger charge is 2.35. The van der Waals surface area contributed by atoms with Gasteiger partial charge in [-0.05, 0) is 43.4 Å². The number of aromatic nitrogens is 2. The van der Waals surface area contributed by atoms with Gasteiger partial charge in [-0.3, -0.25) is 14.3 Å². The highest BCUT2D eigenvalue weighted by Crippen LogP contribution is 2.30. The van der Waals surface area contributed by atoms with E-state index in [2.05, 4.69) is 13.8 Å². The molecule has 6 nitrogen and oxygen atoms in total. The highest BCUT2D eigenvalue weighted by atomic mass is 35.5. The van der Waals surface area contributed by atoms with Crippen molar-refractivity contribution >= 4 is 23.4 Å². The van der Waals surface area contributed by atoms with E-state index < -0.39 is 0 Å². The Labute approximate surface area is 201 Å². The molecular weight excluding hydrogens is 436 g/mol. The second-order valence-electron chi connectivity index (χ2n) is 9.43. The average Bonchev–Trinajstić information content (AvgIpc) is 3.28. The summed E-state index contributed by atoms with van der Waals surface area (Å²) in [5.74, 6) is 0.677. The smallest absolute Gasteiger partial charge is 0.272 e. The molecule has 2 aliphatic heterocycles. The van der Waals surface area contributed by atoms with Crippen molar-refractivity contribution in [2.75, 3.05) is 26.2 Å². The maximum absolute atomic E-state index is 13.4. The van der Waals surface area contributed by atoms with Gasteiger partial charge >= 0.3 is 0 Å². The lowest BCUT2D eigenvalue weighted by atomic mass is 9.94. The molecule has 1 fully saturated rings. The van der Waals surface area contributed by atoms with Gasteiger partial charge in [-0.2, -0.15) is 5.10 Å². The predicted molar refractivity (Wildman–Crippen MR) is 131 cm³/mol. The normalized spacial score (nSPS) is 19.1. The van der Waals surface area contributed by atoms with E-state index >= 15 is 0 Å². The topological polar surface area (TPSA) is 58.4 Å². The molecule has 0 aliphatic carbocycles. The van der Waals surface area contributed by atoms with Crippen molar-refractivity contribution in [1.29, 1.82) is 0 Å². The molecule has 33 heavy (non-hydrogen) atoms. The molecule has 2 aliphatic rings. The predicted octanol–water partition coefficient (Wildman–Crippen LogP) is 5.43. The number of nitrogens with zero attached hydrogens (tertiary/aromatic N) is 4. The lowest BCUT2D eigenvalue weighted by molar-refractivity contribution is -0.133. The number of unbranched alkanes of at least 4 members (excludes halogenated alkanes) is 2. The van der Waals surface area contributed by atoms with E-state index in [0.29, 0.717) is 23.2 Å². The van der Waals surface area contributed by atoms with Gasteiger partial charge in [0, 0.05) is 30.2 Å². The summed E-state index contributed by atoms with van der Waals surface area (Å²) in [6.07, 6.45) is 7.62. The summed E-state index contributed by atoms with van der Waals surface area (Å²) in [7, 11) is 0. The van der Waals surface area contributed by atoms with Gasteiger partial charge in [-0.15, -0.1) is 0 Å². The molecule has 0 saturated carbocycles. The van der Waals surface area contributed by atoms with Gasteiger partial charge in [0.2, 0.25) is 5.91 Å². The number of halogens is 1. The largest absolute Gasteiger partial charge is 0.341 e. The second kappa shape index (κ2) is 10.7. The number of amides is 2. The van der Waals surface area contributed by atoms with Crippen LogP contribution in [0.3, 0.4) is 0 Å². The number of likely N-dealkylation sites (tertiary alicyclic amines) is 1. The molecule has 1 atom stereocenters. The molecule has 3 heterocycles. The molecule has 0 bridgehead atoms. The summed E-state index contributed by atoms with van der Waals surface area (Å²) in [6, 6.07) is 9.47. The van der Waals surface area contributed by atoms with Crippen LogP contribution in [0.5, 0.6) is 0 Å². The maximum Gasteiger partial charge on any atom is 0.272 e. The number of carbonyl (C=O) groups is 2. The van der Waals surface area contributed by atoms with Gasteiger partial charge in [-0.1, -0.05) is 63.3 Å². The minimum absolute atomic E-state index is 0.0658. The van der Waals surface area contributed by atoms with Gasteiger partial charge in [-0.25, -0.2) is 0 Å². The van der Waals surface area contributed by atoms with Crippen molar-refractivity contribution in [3.63, 3.8) is 0 Å². The Balaban J connectivity index is 1.53. The third-order valence-electron chi connectivity index (χ3n) is 7.17. The first-order chi connectivity index (χ1) is 16.0. The number of hydrogen-bond acceptors (Lipinski definition) is 3. The lowest BCUT2D eigenvalue weighted by Gasteiger charge is -2.36. The fourth-order valence-corrected chi connectivity index (χ4v) is 5.13. The number of piperidine rings is 1. The SMILES string of the molecule is CCCCCC1CN(CC(=O)N2CCC(CC)CC2)C(=O)c2cc(-c3ccc(Cl)cc3)nn21. The fraction of sp³-hybridized carbons (Fsp3) is 0.577. The van der Waals surface area contributed by atoms with Gasteiger partial charge in [0.25, 0.3) is 5.91 Å². The Morgan fingerprint density at radius 1 is 1.12 bits per heavy atom. The van der Waals surface area contributed by atoms with E-state index in [4.69, 9.17) is 16.7 Å². The molecule has 7 heteroatoms. The van der Waals surface area contributed by atoms with Crippen molar-refractivity contribution < 1.29 is 9.59 Å². The van der Waals surface area contributed by atoms with Crippen LogP contribution in [-0.2, 0) is 4.79 Å². The molecule has 0 spiro atoms. The number of carbonyl (C=O) groups excluding carboxylic acids is 2. The van der Waals surface area contributed by atoms with E-state index in [1.807, 2.05) is 39.9 Å². The van der Waals surface area contributed by atoms with Crippen molar-refractivity contribution in [3.8, 4) is 11.3 Å². The molecule has 1 unspecified atom stereocenters. The van der Waals surface area contributed by atoms with Crippen LogP contribution >= 0.6 is 11.6 Å². The highest BCUT2D eigenvalue weighted by molar-refractivity contribution is 6.30.